The number of anilines is 2. The highest BCUT2D eigenvalue weighted by Gasteiger charge is 2.52. The van der Waals surface area contributed by atoms with Crippen molar-refractivity contribution in [3.05, 3.63) is 75.8 Å². The number of nitrogens with zero attached hydrogens (tertiary/aromatic N) is 3. The van der Waals surface area contributed by atoms with E-state index in [1.165, 1.54) is 11.1 Å². The molecule has 1 aromatic carbocycles. The Balaban J connectivity index is 2.10. The third kappa shape index (κ3) is 5.08. The molecule has 0 amide bonds. The van der Waals surface area contributed by atoms with Crippen LogP contribution in [0.2, 0.25) is 5.02 Å². The monoisotopic (exact) mass is 526 g/mol. The molecule has 0 atom stereocenters. The van der Waals surface area contributed by atoms with Crippen LogP contribution < -0.4 is 15.2 Å². The average Bonchev–Trinajstić information content (AvgIpc) is 2.78. The fraction of sp³-hybridized carbons (Fsp3) is 0.286. The van der Waals surface area contributed by atoms with E-state index in [0.717, 1.165) is 12.5 Å². The van der Waals surface area contributed by atoms with Gasteiger partial charge in [0.15, 0.2) is 19.7 Å². The van der Waals surface area contributed by atoms with E-state index in [2.05, 4.69) is 15.2 Å². The number of hydrogen-bond donors (Lipinski definition) is 1. The Hall–Kier alpha value is -2.96. The topological polar surface area (TPSA) is 139 Å². The van der Waals surface area contributed by atoms with Crippen molar-refractivity contribution < 1.29 is 21.6 Å². The maximum Gasteiger partial charge on any atom is 0.285 e. The van der Waals surface area contributed by atoms with E-state index in [0.29, 0.717) is 11.3 Å². The van der Waals surface area contributed by atoms with Gasteiger partial charge in [0.05, 0.1) is 11.9 Å². The number of aromatic nitrogens is 3. The molecule has 3 rings (SSSR count). The van der Waals surface area contributed by atoms with Gasteiger partial charge in [0.1, 0.15) is 17.3 Å². The lowest BCUT2D eigenvalue weighted by Crippen LogP contribution is -2.52. The summed E-state index contributed by atoms with van der Waals surface area (Å²) in [6.07, 6.45) is 4.40. The Morgan fingerprint density at radius 1 is 1.06 bits per heavy atom. The molecule has 0 spiro atoms. The van der Waals surface area contributed by atoms with Crippen molar-refractivity contribution >= 4 is 42.7 Å². The maximum atomic E-state index is 12.9. The van der Waals surface area contributed by atoms with Crippen LogP contribution in [-0.2, 0) is 26.1 Å². The van der Waals surface area contributed by atoms with Crippen LogP contribution in [0.25, 0.3) is 0 Å². The molecule has 0 unspecified atom stereocenters. The van der Waals surface area contributed by atoms with Gasteiger partial charge in [0, 0.05) is 32.2 Å². The number of hydrogen-bond acceptors (Lipinski definition) is 9. The Bertz CT molecular complexity index is 1400. The lowest BCUT2D eigenvalue weighted by atomic mass is 10.1. The van der Waals surface area contributed by atoms with Crippen molar-refractivity contribution in [3.8, 4) is 5.88 Å². The van der Waals surface area contributed by atoms with Gasteiger partial charge in [0.2, 0.25) is 4.08 Å². The van der Waals surface area contributed by atoms with Crippen LogP contribution in [0.3, 0.4) is 0 Å². The highest BCUT2D eigenvalue weighted by atomic mass is 35.5. The largest absolute Gasteiger partial charge is 0.472 e. The van der Waals surface area contributed by atoms with E-state index in [4.69, 9.17) is 16.3 Å². The molecular weight excluding hydrogens is 504 g/mol. The van der Waals surface area contributed by atoms with Crippen LogP contribution in [0, 0.1) is 0 Å². The molecule has 0 aliphatic carbocycles. The average molecular weight is 527 g/mol. The quantitative estimate of drug-likeness (QED) is 0.443. The standard InChI is InChI=1S/C21H23ClN4O6S2/c1-26(16-10-7-11-23-13-16)18-17(22)19(27)24-25-20(18)32-14-21(33(2,28)29,34(3,30)31)12-15-8-5-4-6-9-15/h4-11,13H,12,14H2,1-3H3,(H,24,27). The highest BCUT2D eigenvalue weighted by Crippen LogP contribution is 2.36. The number of nitrogens with one attached hydrogen (secondary N) is 1. The fourth-order valence-corrected chi connectivity index (χ4v) is 7.22. The molecule has 0 saturated carbocycles. The molecule has 10 nitrogen and oxygen atoms in total. The number of pyridine rings is 1. The summed E-state index contributed by atoms with van der Waals surface area (Å²) in [6, 6.07) is 11.7. The zero-order chi connectivity index (χ0) is 25.1. The fourth-order valence-electron chi connectivity index (χ4n) is 3.37. The minimum Gasteiger partial charge on any atom is -0.472 e. The lowest BCUT2D eigenvalue weighted by molar-refractivity contribution is 0.282. The second kappa shape index (κ2) is 9.72. The van der Waals surface area contributed by atoms with Crippen molar-refractivity contribution in [2.75, 3.05) is 31.1 Å². The minimum atomic E-state index is -4.23. The molecule has 0 aliphatic heterocycles. The van der Waals surface area contributed by atoms with Crippen LogP contribution in [0.5, 0.6) is 5.88 Å². The van der Waals surface area contributed by atoms with Gasteiger partial charge in [0.25, 0.3) is 11.4 Å². The number of H-pyrrole nitrogens is 1. The van der Waals surface area contributed by atoms with Gasteiger partial charge in [-0.2, -0.15) is 0 Å². The molecule has 3 aromatic rings. The van der Waals surface area contributed by atoms with E-state index >= 15 is 0 Å². The third-order valence-electron chi connectivity index (χ3n) is 5.33. The van der Waals surface area contributed by atoms with Gasteiger partial charge in [-0.25, -0.2) is 21.9 Å². The summed E-state index contributed by atoms with van der Waals surface area (Å²) in [5.74, 6) is -0.249. The van der Waals surface area contributed by atoms with Crippen molar-refractivity contribution in [1.29, 1.82) is 0 Å². The predicted octanol–water partition coefficient (Wildman–Crippen LogP) is 1.99. The summed E-state index contributed by atoms with van der Waals surface area (Å²) in [6.45, 7) is -0.789. The molecule has 0 bridgehead atoms. The van der Waals surface area contributed by atoms with Crippen LogP contribution >= 0.6 is 11.6 Å². The van der Waals surface area contributed by atoms with Gasteiger partial charge in [-0.15, -0.1) is 5.10 Å². The van der Waals surface area contributed by atoms with Gasteiger partial charge in [-0.3, -0.25) is 9.78 Å². The molecule has 13 heteroatoms. The zero-order valence-electron chi connectivity index (χ0n) is 18.6. The van der Waals surface area contributed by atoms with E-state index in [1.54, 1.807) is 55.7 Å². The number of aromatic amines is 1. The maximum absolute atomic E-state index is 12.9. The minimum absolute atomic E-state index is 0.0222. The summed E-state index contributed by atoms with van der Waals surface area (Å²) in [5, 5.41) is 5.76. The highest BCUT2D eigenvalue weighted by molar-refractivity contribution is 8.09. The third-order valence-corrected chi connectivity index (χ3v) is 10.7. The number of halogens is 1. The first-order chi connectivity index (χ1) is 15.9. The van der Waals surface area contributed by atoms with Crippen LogP contribution in [0.15, 0.2) is 59.7 Å². The smallest absolute Gasteiger partial charge is 0.285 e. The summed E-state index contributed by atoms with van der Waals surface area (Å²) < 4.78 is 55.0. The molecule has 0 aliphatic rings. The second-order valence-corrected chi connectivity index (χ2v) is 13.0. The van der Waals surface area contributed by atoms with Crippen LogP contribution in [-0.4, -0.2) is 62.3 Å². The van der Waals surface area contributed by atoms with E-state index in [9.17, 15) is 21.6 Å². The number of benzene rings is 1. The molecule has 182 valence electrons. The molecule has 0 radical (unpaired) electrons. The first kappa shape index (κ1) is 25.7. The van der Waals surface area contributed by atoms with Crippen molar-refractivity contribution in [2.45, 2.75) is 10.5 Å². The van der Waals surface area contributed by atoms with Crippen molar-refractivity contribution in [3.63, 3.8) is 0 Å². The predicted molar refractivity (Wildman–Crippen MR) is 130 cm³/mol. The van der Waals surface area contributed by atoms with Gasteiger partial charge in [-0.05, 0) is 17.7 Å². The molecule has 0 saturated heterocycles. The lowest BCUT2D eigenvalue weighted by Gasteiger charge is -2.30. The Morgan fingerprint density at radius 2 is 1.71 bits per heavy atom. The SMILES string of the molecule is CN(c1cccnc1)c1c(OCC(Cc2ccccc2)(S(C)(=O)=O)S(C)(=O)=O)n[nH]c(=O)c1Cl. The molecule has 1 N–H and O–H groups in total. The number of sulfone groups is 2. The van der Waals surface area contributed by atoms with E-state index in [-0.39, 0.29) is 23.0 Å². The Kier molecular flexibility index (Phi) is 7.34. The second-order valence-electron chi connectivity index (χ2n) is 7.70. The van der Waals surface area contributed by atoms with E-state index < -0.39 is 35.9 Å². The van der Waals surface area contributed by atoms with Crippen molar-refractivity contribution in [2.24, 2.45) is 0 Å². The summed E-state index contributed by atoms with van der Waals surface area (Å²) >= 11 is 6.24. The zero-order valence-corrected chi connectivity index (χ0v) is 21.0. The van der Waals surface area contributed by atoms with Gasteiger partial charge >= 0.3 is 0 Å². The number of ether oxygens (including phenoxy) is 1. The first-order valence-corrected chi connectivity index (χ1v) is 14.0. The summed E-state index contributed by atoms with van der Waals surface area (Å²) in [7, 11) is -6.87. The van der Waals surface area contributed by atoms with Gasteiger partial charge in [-0.1, -0.05) is 41.9 Å². The van der Waals surface area contributed by atoms with Crippen LogP contribution in [0.1, 0.15) is 5.56 Å². The summed E-state index contributed by atoms with van der Waals surface area (Å²) in [4.78, 5) is 17.6. The van der Waals surface area contributed by atoms with Crippen molar-refractivity contribution in [1.82, 2.24) is 15.2 Å². The first-order valence-electron chi connectivity index (χ1n) is 9.85. The van der Waals surface area contributed by atoms with Gasteiger partial charge < -0.3 is 9.64 Å². The molecule has 2 aromatic heterocycles. The molecular formula is C21H23ClN4O6S2. The van der Waals surface area contributed by atoms with E-state index in [1.807, 2.05) is 0 Å². The van der Waals surface area contributed by atoms with Crippen LogP contribution in [0.4, 0.5) is 11.4 Å². The Labute approximate surface area is 202 Å². The normalized spacial score (nSPS) is 12.4. The molecule has 2 heterocycles. The molecule has 0 fully saturated rings. The Morgan fingerprint density at radius 3 is 2.26 bits per heavy atom. The number of rotatable bonds is 9. The summed E-state index contributed by atoms with van der Waals surface area (Å²) in [5.41, 5.74) is 0.334. The molecule has 34 heavy (non-hydrogen) atoms.